The van der Waals surface area contributed by atoms with Crippen molar-refractivity contribution in [3.05, 3.63) is 0 Å². The monoisotopic (exact) mass is 474 g/mol. The summed E-state index contributed by atoms with van der Waals surface area (Å²) < 4.78 is 0. The Balaban J connectivity index is 0.00000172. The number of unbranched alkanes of at least 4 members (excludes halogenated alkanes) is 2. The Kier molecular flexibility index (Phi) is 15.2. The Hall–Kier alpha value is -2.96. The van der Waals surface area contributed by atoms with Gasteiger partial charge in [-0.1, -0.05) is 44.9 Å². The van der Waals surface area contributed by atoms with Crippen molar-refractivity contribution in [1.29, 1.82) is 0 Å². The number of nitrogens with zero attached hydrogens (tertiary/aromatic N) is 1. The van der Waals surface area contributed by atoms with Gasteiger partial charge in [0.2, 0.25) is 17.7 Å². The van der Waals surface area contributed by atoms with Gasteiger partial charge in [0, 0.05) is 19.8 Å². The van der Waals surface area contributed by atoms with E-state index in [-0.39, 0.29) is 30.3 Å². The molecule has 0 aromatic rings. The summed E-state index contributed by atoms with van der Waals surface area (Å²) in [6, 6.07) is 0. The lowest BCUT2D eigenvalue weighted by molar-refractivity contribution is -0.196. The number of carbonyl (C=O) groups is 7. The molecule has 1 rings (SSSR count). The van der Waals surface area contributed by atoms with Crippen LogP contribution in [0.5, 0.6) is 0 Å². The van der Waals surface area contributed by atoms with Crippen LogP contribution >= 0.6 is 11.8 Å². The van der Waals surface area contributed by atoms with Crippen LogP contribution < -0.4 is 16.0 Å². The fourth-order valence-electron chi connectivity index (χ4n) is 2.02. The van der Waals surface area contributed by atoms with E-state index in [2.05, 4.69) is 34.6 Å². The van der Waals surface area contributed by atoms with E-state index in [9.17, 15) is 33.6 Å². The highest BCUT2D eigenvalue weighted by atomic mass is 32.2. The molecule has 1 fully saturated rings. The molecule has 0 atom stereocenters. The number of thioether (sulfide) groups is 1. The van der Waals surface area contributed by atoms with E-state index in [1.165, 1.54) is 26.2 Å². The van der Waals surface area contributed by atoms with Crippen LogP contribution in [0.15, 0.2) is 0 Å². The minimum Gasteiger partial charge on any atom is -0.346 e. The van der Waals surface area contributed by atoms with Crippen molar-refractivity contribution in [2.45, 2.75) is 52.9 Å². The van der Waals surface area contributed by atoms with Gasteiger partial charge in [-0.2, -0.15) is 0 Å². The maximum atomic E-state index is 11.5. The number of rotatable bonds is 11. The third-order valence-electron chi connectivity index (χ3n) is 3.63. The lowest BCUT2D eigenvalue weighted by atomic mass is 10.3. The van der Waals surface area contributed by atoms with Crippen LogP contribution in [-0.4, -0.2) is 71.1 Å². The second kappa shape index (κ2) is 16.7. The normalized spacial score (nSPS) is 12.4. The summed E-state index contributed by atoms with van der Waals surface area (Å²) in [4.78, 5) is 83.5. The molecular formula is C19H30N4O8S. The van der Waals surface area contributed by atoms with E-state index >= 15 is 0 Å². The molecule has 32 heavy (non-hydrogen) atoms. The summed E-state index contributed by atoms with van der Waals surface area (Å²) in [6.07, 6.45) is 3.98. The highest BCUT2D eigenvalue weighted by Crippen LogP contribution is 2.11. The third-order valence-corrected chi connectivity index (χ3v) is 4.45. The molecule has 0 bridgehead atoms. The first-order chi connectivity index (χ1) is 15.1. The lowest BCUT2D eigenvalue weighted by Crippen LogP contribution is -2.44. The van der Waals surface area contributed by atoms with Gasteiger partial charge in [-0.15, -0.1) is 5.06 Å². The summed E-state index contributed by atoms with van der Waals surface area (Å²) in [7, 11) is 0. The van der Waals surface area contributed by atoms with E-state index in [4.69, 9.17) is 0 Å². The van der Waals surface area contributed by atoms with Gasteiger partial charge in [-0.05, 0) is 0 Å². The average Bonchev–Trinajstić information content (AvgIpc) is 3.06. The molecule has 0 unspecified atom stereocenters. The Morgan fingerprint density at radius 2 is 1.31 bits per heavy atom. The van der Waals surface area contributed by atoms with Crippen LogP contribution in [0, 0.1) is 0 Å². The number of hydrogen-bond donors (Lipinski definition) is 3. The number of carbonyl (C=O) groups excluding carboxylic acids is 7. The second-order valence-electron chi connectivity index (χ2n) is 6.51. The van der Waals surface area contributed by atoms with Crippen molar-refractivity contribution in [3.63, 3.8) is 0 Å². The molecule has 13 heteroatoms. The molecule has 5 amide bonds. The largest absolute Gasteiger partial charge is 0.352 e. The smallest absolute Gasteiger partial charge is 0.346 e. The van der Waals surface area contributed by atoms with Gasteiger partial charge in [-0.3, -0.25) is 28.8 Å². The summed E-state index contributed by atoms with van der Waals surface area (Å²) in [6.45, 7) is 4.27. The van der Waals surface area contributed by atoms with Crippen LogP contribution in [0.3, 0.4) is 0 Å². The molecule has 0 radical (unpaired) electrons. The van der Waals surface area contributed by atoms with E-state index in [1.54, 1.807) is 0 Å². The first kappa shape index (κ1) is 29.0. The molecule has 1 aliphatic heterocycles. The minimum atomic E-state index is -1.02. The zero-order chi connectivity index (χ0) is 24.5. The predicted molar refractivity (Wildman–Crippen MR) is 115 cm³/mol. The molecule has 1 heterocycles. The second-order valence-corrected chi connectivity index (χ2v) is 7.66. The molecule has 180 valence electrons. The number of nitrogens with one attached hydrogen (secondary N) is 3. The fourth-order valence-corrected chi connectivity index (χ4v) is 2.45. The molecule has 3 N–H and O–H groups in total. The summed E-state index contributed by atoms with van der Waals surface area (Å²) in [5.74, 6) is -4.31. The Bertz CT molecular complexity index is 695. The first-order valence-corrected chi connectivity index (χ1v) is 11.1. The van der Waals surface area contributed by atoms with Crippen molar-refractivity contribution in [3.8, 4) is 0 Å². The third kappa shape index (κ3) is 14.1. The highest BCUT2D eigenvalue weighted by molar-refractivity contribution is 8.14. The van der Waals surface area contributed by atoms with Crippen molar-refractivity contribution in [2.75, 3.05) is 25.4 Å². The topological polar surface area (TPSA) is 168 Å². The molecule has 12 nitrogen and oxygen atoms in total. The zero-order valence-electron chi connectivity index (χ0n) is 18.5. The standard InChI is InChI=1S/C14H18N4O8S.C5H12/c1-8(19)27-7-11(22)16-5-9(20)15-4-10(21)17-6-14(25)26-18-12(23)2-3-13(18)24;1-3-5-4-2/h2-7H2,1H3,(H,15,20)(H,16,22)(H,17,21);3-5H2,1-2H3. The molecule has 1 aliphatic rings. The summed E-state index contributed by atoms with van der Waals surface area (Å²) in [5, 5.41) is 6.72. The van der Waals surface area contributed by atoms with Crippen LogP contribution in [0.1, 0.15) is 52.9 Å². The van der Waals surface area contributed by atoms with Gasteiger partial charge in [-0.25, -0.2) is 4.79 Å². The van der Waals surface area contributed by atoms with Crippen LogP contribution in [0.4, 0.5) is 0 Å². The van der Waals surface area contributed by atoms with E-state index in [0.29, 0.717) is 5.06 Å². The maximum absolute atomic E-state index is 11.5. The number of imide groups is 1. The zero-order valence-corrected chi connectivity index (χ0v) is 19.3. The molecule has 0 aliphatic carbocycles. The molecule has 1 saturated heterocycles. The van der Waals surface area contributed by atoms with E-state index in [0.717, 1.165) is 11.8 Å². The predicted octanol–water partition coefficient (Wildman–Crippen LogP) is -0.582. The molecule has 0 aromatic heterocycles. The van der Waals surface area contributed by atoms with E-state index < -0.39 is 48.6 Å². The molecular weight excluding hydrogens is 444 g/mol. The summed E-state index contributed by atoms with van der Waals surface area (Å²) in [5.41, 5.74) is 0. The van der Waals surface area contributed by atoms with Gasteiger partial charge in [0.25, 0.3) is 11.8 Å². The Labute approximate surface area is 190 Å². The molecule has 0 aromatic carbocycles. The molecule has 0 saturated carbocycles. The van der Waals surface area contributed by atoms with E-state index in [1.807, 2.05) is 0 Å². The maximum Gasteiger partial charge on any atom is 0.352 e. The number of amides is 5. The van der Waals surface area contributed by atoms with Gasteiger partial charge < -0.3 is 20.8 Å². The van der Waals surface area contributed by atoms with Crippen molar-refractivity contribution >= 4 is 52.4 Å². The van der Waals surface area contributed by atoms with Crippen molar-refractivity contribution in [2.24, 2.45) is 0 Å². The first-order valence-electron chi connectivity index (χ1n) is 10.1. The Morgan fingerprint density at radius 3 is 1.75 bits per heavy atom. The van der Waals surface area contributed by atoms with Gasteiger partial charge in [0.15, 0.2) is 5.12 Å². The quantitative estimate of drug-likeness (QED) is 0.332. The SMILES string of the molecule is CC(=O)SCC(=O)NCC(=O)NCC(=O)NCC(=O)ON1C(=O)CCC1=O.CCCCC. The van der Waals surface area contributed by atoms with Crippen molar-refractivity contribution in [1.82, 2.24) is 21.0 Å². The van der Waals surface area contributed by atoms with Crippen LogP contribution in [-0.2, 0) is 38.4 Å². The number of hydrogen-bond acceptors (Lipinski definition) is 9. The number of hydroxylamine groups is 2. The molecule has 0 spiro atoms. The lowest BCUT2D eigenvalue weighted by Gasteiger charge is -2.13. The fraction of sp³-hybridized carbons (Fsp3) is 0.632. The van der Waals surface area contributed by atoms with Crippen molar-refractivity contribution < 1.29 is 38.4 Å². The van der Waals surface area contributed by atoms with Gasteiger partial charge in [0.1, 0.15) is 6.54 Å². The van der Waals surface area contributed by atoms with Gasteiger partial charge >= 0.3 is 5.97 Å². The van der Waals surface area contributed by atoms with Crippen LogP contribution in [0.2, 0.25) is 0 Å². The summed E-state index contributed by atoms with van der Waals surface area (Å²) >= 11 is 0.794. The van der Waals surface area contributed by atoms with Crippen LogP contribution in [0.25, 0.3) is 0 Å². The van der Waals surface area contributed by atoms with Gasteiger partial charge in [0.05, 0.1) is 18.8 Å². The highest BCUT2D eigenvalue weighted by Gasteiger charge is 2.32. The Morgan fingerprint density at radius 1 is 0.844 bits per heavy atom. The minimum absolute atomic E-state index is 0.0471. The average molecular weight is 475 g/mol.